The molecule has 2 atom stereocenters. The average Bonchev–Trinajstić information content (AvgIpc) is 2.91. The van der Waals surface area contributed by atoms with Crippen molar-refractivity contribution in [1.29, 1.82) is 0 Å². The summed E-state index contributed by atoms with van der Waals surface area (Å²) in [7, 11) is 0. The number of carbonyl (C=O) groups excluding carboxylic acids is 1. The van der Waals surface area contributed by atoms with Crippen molar-refractivity contribution in [3.8, 4) is 0 Å². The fourth-order valence-electron chi connectivity index (χ4n) is 3.88. The van der Waals surface area contributed by atoms with Crippen LogP contribution in [-0.4, -0.2) is 26.8 Å². The number of carbonyl (C=O) groups is 1. The predicted molar refractivity (Wildman–Crippen MR) is 88.1 cm³/mol. The molecular weight excluding hydrogens is 329 g/mol. The second-order valence-electron chi connectivity index (χ2n) is 6.43. The van der Waals surface area contributed by atoms with E-state index in [-0.39, 0.29) is 23.0 Å². The van der Waals surface area contributed by atoms with Crippen LogP contribution in [0.3, 0.4) is 0 Å². The molecule has 1 amide bonds. The highest BCUT2D eigenvalue weighted by Gasteiger charge is 2.42. The Morgan fingerprint density at radius 3 is 3.08 bits per heavy atom. The van der Waals surface area contributed by atoms with Crippen molar-refractivity contribution in [3.63, 3.8) is 0 Å². The van der Waals surface area contributed by atoms with Crippen molar-refractivity contribution in [1.82, 2.24) is 14.9 Å². The Morgan fingerprint density at radius 1 is 1.38 bits per heavy atom. The molecule has 2 aliphatic heterocycles. The Hall–Kier alpha value is -2.01. The molecule has 4 nitrogen and oxygen atoms in total. The van der Waals surface area contributed by atoms with E-state index in [2.05, 4.69) is 9.97 Å². The van der Waals surface area contributed by atoms with Crippen molar-refractivity contribution in [3.05, 3.63) is 58.4 Å². The predicted octanol–water partition coefficient (Wildman–Crippen LogP) is 3.49. The van der Waals surface area contributed by atoms with Crippen LogP contribution in [0.1, 0.15) is 42.1 Å². The second-order valence-corrected chi connectivity index (χ2v) is 6.83. The minimum Gasteiger partial charge on any atom is -0.332 e. The molecule has 124 valence electrons. The molecule has 2 bridgehead atoms. The molecule has 1 aromatic heterocycles. The number of hydrogen-bond donors (Lipinski definition) is 0. The van der Waals surface area contributed by atoms with Crippen molar-refractivity contribution >= 4 is 17.5 Å². The molecule has 0 radical (unpaired) electrons. The molecule has 4 rings (SSSR count). The van der Waals surface area contributed by atoms with Gasteiger partial charge in [0.1, 0.15) is 12.1 Å². The molecule has 0 N–H and O–H groups in total. The minimum absolute atomic E-state index is 0.0920. The Morgan fingerprint density at radius 2 is 2.25 bits per heavy atom. The van der Waals surface area contributed by atoms with Crippen LogP contribution in [-0.2, 0) is 17.6 Å². The van der Waals surface area contributed by atoms with Crippen LogP contribution in [0.5, 0.6) is 0 Å². The van der Waals surface area contributed by atoms with Gasteiger partial charge in [-0.3, -0.25) is 4.79 Å². The molecule has 0 saturated carbocycles. The third kappa shape index (κ3) is 2.67. The van der Waals surface area contributed by atoms with Gasteiger partial charge in [-0.2, -0.15) is 0 Å². The third-order valence-electron chi connectivity index (χ3n) is 5.02. The lowest BCUT2D eigenvalue weighted by molar-refractivity contribution is -0.134. The molecule has 2 unspecified atom stereocenters. The zero-order chi connectivity index (χ0) is 16.7. The van der Waals surface area contributed by atoms with E-state index >= 15 is 0 Å². The Labute approximate surface area is 144 Å². The fourth-order valence-corrected chi connectivity index (χ4v) is 4.00. The number of nitrogens with zero attached hydrogens (tertiary/aromatic N) is 3. The molecule has 0 spiro atoms. The first-order valence-electron chi connectivity index (χ1n) is 8.17. The quantitative estimate of drug-likeness (QED) is 0.855. The Bertz CT molecular complexity index is 798. The van der Waals surface area contributed by atoms with Crippen LogP contribution in [0.15, 0.2) is 30.7 Å². The zero-order valence-electron chi connectivity index (χ0n) is 13.1. The van der Waals surface area contributed by atoms with Crippen LogP contribution < -0.4 is 0 Å². The summed E-state index contributed by atoms with van der Waals surface area (Å²) >= 11 is 5.70. The molecule has 2 aromatic rings. The van der Waals surface area contributed by atoms with E-state index in [0.29, 0.717) is 12.8 Å². The third-order valence-corrected chi connectivity index (χ3v) is 5.32. The maximum Gasteiger partial charge on any atom is 0.223 e. The summed E-state index contributed by atoms with van der Waals surface area (Å²) in [5.41, 5.74) is 2.94. The number of aryl methyl sites for hydroxylation is 1. The van der Waals surface area contributed by atoms with E-state index in [4.69, 9.17) is 11.6 Å². The molecule has 0 aliphatic carbocycles. The van der Waals surface area contributed by atoms with E-state index in [1.54, 1.807) is 12.4 Å². The number of benzene rings is 1. The van der Waals surface area contributed by atoms with Gasteiger partial charge in [-0.1, -0.05) is 17.7 Å². The van der Waals surface area contributed by atoms with Crippen LogP contribution in [0, 0.1) is 5.82 Å². The highest BCUT2D eigenvalue weighted by atomic mass is 35.5. The van der Waals surface area contributed by atoms with E-state index in [0.717, 1.165) is 36.1 Å². The van der Waals surface area contributed by atoms with Gasteiger partial charge in [0.25, 0.3) is 0 Å². The van der Waals surface area contributed by atoms with Crippen molar-refractivity contribution in [2.75, 3.05) is 0 Å². The normalized spacial score (nSPS) is 21.7. The fraction of sp³-hybridized carbons (Fsp3) is 0.389. The number of rotatable bonds is 3. The van der Waals surface area contributed by atoms with Crippen molar-refractivity contribution < 1.29 is 9.18 Å². The summed E-state index contributed by atoms with van der Waals surface area (Å²) in [6, 6.07) is 5.03. The van der Waals surface area contributed by atoms with Crippen LogP contribution in [0.2, 0.25) is 5.02 Å². The van der Waals surface area contributed by atoms with Gasteiger partial charge in [0.2, 0.25) is 5.91 Å². The molecule has 2 aliphatic rings. The molecule has 3 heterocycles. The summed E-state index contributed by atoms with van der Waals surface area (Å²) in [5, 5.41) is 0.107. The first-order valence-corrected chi connectivity index (χ1v) is 8.55. The highest BCUT2D eigenvalue weighted by molar-refractivity contribution is 6.30. The first-order chi connectivity index (χ1) is 11.6. The van der Waals surface area contributed by atoms with Gasteiger partial charge in [-0.25, -0.2) is 14.4 Å². The maximum absolute atomic E-state index is 13.5. The second kappa shape index (κ2) is 6.13. The van der Waals surface area contributed by atoms with E-state index in [1.165, 1.54) is 12.1 Å². The SMILES string of the molecule is O=C(CCc1ccc(Cl)c(F)c1)N1C2CCC1c1cncnc1C2. The van der Waals surface area contributed by atoms with Gasteiger partial charge in [0.05, 0.1) is 16.8 Å². The summed E-state index contributed by atoms with van der Waals surface area (Å²) in [4.78, 5) is 23.2. The largest absolute Gasteiger partial charge is 0.332 e. The van der Waals surface area contributed by atoms with Crippen molar-refractivity contribution in [2.24, 2.45) is 0 Å². The van der Waals surface area contributed by atoms with Gasteiger partial charge >= 0.3 is 0 Å². The van der Waals surface area contributed by atoms with Crippen LogP contribution in [0.4, 0.5) is 4.39 Å². The molecule has 1 aromatic carbocycles. The number of halogens is 2. The molecule has 24 heavy (non-hydrogen) atoms. The van der Waals surface area contributed by atoms with Crippen LogP contribution in [0.25, 0.3) is 0 Å². The summed E-state index contributed by atoms with van der Waals surface area (Å²) in [6.45, 7) is 0. The Kier molecular flexibility index (Phi) is 3.96. The molecule has 1 fully saturated rings. The topological polar surface area (TPSA) is 46.1 Å². The number of hydrogen-bond acceptors (Lipinski definition) is 3. The zero-order valence-corrected chi connectivity index (χ0v) is 13.8. The van der Waals surface area contributed by atoms with Crippen LogP contribution >= 0.6 is 11.6 Å². The van der Waals surface area contributed by atoms with Crippen molar-refractivity contribution in [2.45, 2.75) is 44.2 Å². The standard InChI is InChI=1S/C18H17ClFN3O/c19-14-4-1-11(7-15(14)20)2-6-18(24)23-12-3-5-17(23)13-9-21-10-22-16(13)8-12/h1,4,7,9-10,12,17H,2-3,5-6,8H2. The lowest BCUT2D eigenvalue weighted by Crippen LogP contribution is -2.42. The Balaban J connectivity index is 1.48. The minimum atomic E-state index is -0.439. The highest BCUT2D eigenvalue weighted by Crippen LogP contribution is 2.43. The summed E-state index contributed by atoms with van der Waals surface area (Å²) < 4.78 is 13.5. The van der Waals surface area contributed by atoms with E-state index < -0.39 is 5.82 Å². The molecule has 6 heteroatoms. The number of aromatic nitrogens is 2. The number of fused-ring (bicyclic) bond motifs is 4. The van der Waals surface area contributed by atoms with Gasteiger partial charge in [-0.05, 0) is 37.0 Å². The van der Waals surface area contributed by atoms with Gasteiger partial charge < -0.3 is 4.90 Å². The van der Waals surface area contributed by atoms with Gasteiger partial charge in [0.15, 0.2) is 0 Å². The molecular formula is C18H17ClFN3O. The first kappa shape index (κ1) is 15.5. The lowest BCUT2D eigenvalue weighted by atomic mass is 9.98. The summed E-state index contributed by atoms with van der Waals surface area (Å²) in [5.74, 6) is -0.321. The van der Waals surface area contributed by atoms with E-state index in [9.17, 15) is 9.18 Å². The smallest absolute Gasteiger partial charge is 0.223 e. The van der Waals surface area contributed by atoms with E-state index in [1.807, 2.05) is 11.1 Å². The molecule has 1 saturated heterocycles. The monoisotopic (exact) mass is 345 g/mol. The summed E-state index contributed by atoms with van der Waals surface area (Å²) in [6.07, 6.45) is 7.07. The van der Waals surface area contributed by atoms with Gasteiger partial charge in [0, 0.05) is 30.6 Å². The van der Waals surface area contributed by atoms with Gasteiger partial charge in [-0.15, -0.1) is 0 Å². The average molecular weight is 346 g/mol. The lowest BCUT2D eigenvalue weighted by Gasteiger charge is -2.35. The number of amides is 1. The maximum atomic E-state index is 13.5.